The fourth-order valence-corrected chi connectivity index (χ4v) is 3.23. The Hall–Kier alpha value is -2.70. The molecule has 0 aliphatic rings. The van der Waals surface area contributed by atoms with Crippen molar-refractivity contribution in [2.24, 2.45) is 5.10 Å². The number of hydrogen-bond acceptors (Lipinski definition) is 6. The maximum atomic E-state index is 11.9. The molecule has 0 radical (unpaired) electrons. The number of rotatable bonds is 8. The maximum absolute atomic E-state index is 11.9. The number of nitrogens with zero attached hydrogens (tertiary/aromatic N) is 4. The molecule has 0 spiro atoms. The quantitative estimate of drug-likeness (QED) is 0.259. The third kappa shape index (κ3) is 6.41. The number of hydrogen-bond donors (Lipinski definition) is 1. The molecule has 2 aromatic heterocycles. The molecule has 0 bridgehead atoms. The van der Waals surface area contributed by atoms with Gasteiger partial charge >= 0.3 is 5.97 Å². The van der Waals surface area contributed by atoms with Gasteiger partial charge in [0.1, 0.15) is 18.0 Å². The number of benzene rings is 1. The number of nitrogens with one attached hydrogen (secondary N) is 1. The zero-order chi connectivity index (χ0) is 20.6. The molecule has 0 saturated carbocycles. The minimum Gasteiger partial charge on any atom is -0.461 e. The molecule has 7 nitrogen and oxygen atoms in total. The van der Waals surface area contributed by atoms with Crippen molar-refractivity contribution in [3.63, 3.8) is 0 Å². The number of pyridine rings is 1. The minimum absolute atomic E-state index is 0.210. The Morgan fingerprint density at radius 3 is 2.76 bits per heavy atom. The topological polar surface area (TPSA) is 84.2 Å². The molecule has 3 rings (SSSR count). The largest absolute Gasteiger partial charge is 0.461 e. The number of ether oxygens (including phenoxy) is 1. The summed E-state index contributed by atoms with van der Waals surface area (Å²) in [6.07, 6.45) is 5.81. The first-order chi connectivity index (χ1) is 14.0. The summed E-state index contributed by atoms with van der Waals surface area (Å²) in [5, 5.41) is 17.3. The molecular weight excluding hydrogens is 405 g/mol. The summed E-state index contributed by atoms with van der Waals surface area (Å²) in [6, 6.07) is 13.5. The van der Waals surface area contributed by atoms with Crippen molar-refractivity contribution in [1.29, 1.82) is 5.41 Å². The zero-order valence-corrected chi connectivity index (χ0v) is 18.0. The van der Waals surface area contributed by atoms with E-state index in [-0.39, 0.29) is 16.4 Å². The molecule has 9 heteroatoms. The molecular formula is C20H23N5O2PS+. The Morgan fingerprint density at radius 1 is 1.34 bits per heavy atom. The van der Waals surface area contributed by atoms with Crippen molar-refractivity contribution in [2.45, 2.75) is 32.2 Å². The van der Waals surface area contributed by atoms with E-state index in [2.05, 4.69) is 19.4 Å². The molecule has 2 heterocycles. The van der Waals surface area contributed by atoms with Gasteiger partial charge in [-0.3, -0.25) is 10.2 Å². The van der Waals surface area contributed by atoms with Gasteiger partial charge in [-0.25, -0.2) is 4.57 Å². The molecule has 150 valence electrons. The zero-order valence-electron chi connectivity index (χ0n) is 16.1. The highest BCUT2D eigenvalue weighted by molar-refractivity contribution is 7.19. The number of esters is 1. The summed E-state index contributed by atoms with van der Waals surface area (Å²) < 4.78 is 7.22. The normalized spacial score (nSPS) is 12.2. The Kier molecular flexibility index (Phi) is 7.38. The fourth-order valence-electron chi connectivity index (χ4n) is 2.43. The third-order valence-electron chi connectivity index (χ3n) is 3.93. The van der Waals surface area contributed by atoms with Gasteiger partial charge in [-0.1, -0.05) is 48.6 Å². The van der Waals surface area contributed by atoms with Crippen molar-refractivity contribution in [3.05, 3.63) is 65.2 Å². The SMILES string of the molecule is CC(P)/C=N\n1nc(-c2cc[n+](CCC(=O)OCc3ccccc3)cc2)sc1=N. The van der Waals surface area contributed by atoms with E-state index in [1.54, 1.807) is 6.21 Å². The second-order valence-electron chi connectivity index (χ2n) is 6.45. The van der Waals surface area contributed by atoms with Gasteiger partial charge < -0.3 is 4.74 Å². The minimum atomic E-state index is -0.230. The summed E-state index contributed by atoms with van der Waals surface area (Å²) in [4.78, 5) is 13.5. The summed E-state index contributed by atoms with van der Waals surface area (Å²) in [5.74, 6) is -0.230. The Labute approximate surface area is 175 Å². The second-order valence-corrected chi connectivity index (χ2v) is 8.48. The van der Waals surface area contributed by atoms with Gasteiger partial charge in [-0.2, -0.15) is 5.10 Å². The summed E-state index contributed by atoms with van der Waals surface area (Å²) in [6.45, 7) is 2.81. The summed E-state index contributed by atoms with van der Waals surface area (Å²) >= 11 is 1.26. The van der Waals surface area contributed by atoms with Crippen LogP contribution in [0, 0.1) is 5.41 Å². The Balaban J connectivity index is 1.54. The first-order valence-corrected chi connectivity index (χ1v) is 10.6. The van der Waals surface area contributed by atoms with E-state index in [0.29, 0.717) is 19.6 Å². The van der Waals surface area contributed by atoms with E-state index in [1.165, 1.54) is 16.1 Å². The van der Waals surface area contributed by atoms with Crippen LogP contribution >= 0.6 is 20.6 Å². The van der Waals surface area contributed by atoms with Crippen molar-refractivity contribution in [1.82, 2.24) is 9.89 Å². The van der Waals surface area contributed by atoms with Crippen LogP contribution in [-0.2, 0) is 22.7 Å². The molecule has 0 aliphatic carbocycles. The monoisotopic (exact) mass is 428 g/mol. The molecule has 1 N–H and O–H groups in total. The van der Waals surface area contributed by atoms with E-state index in [1.807, 2.05) is 66.3 Å². The fraction of sp³-hybridized carbons (Fsp3) is 0.250. The van der Waals surface area contributed by atoms with E-state index >= 15 is 0 Å². The molecule has 0 saturated heterocycles. The van der Waals surface area contributed by atoms with Crippen molar-refractivity contribution >= 4 is 32.8 Å². The van der Waals surface area contributed by atoms with Crippen LogP contribution in [-0.4, -0.2) is 27.7 Å². The van der Waals surface area contributed by atoms with Crippen LogP contribution in [0.5, 0.6) is 0 Å². The first-order valence-electron chi connectivity index (χ1n) is 9.15. The van der Waals surface area contributed by atoms with Crippen LogP contribution in [0.4, 0.5) is 0 Å². The van der Waals surface area contributed by atoms with Gasteiger partial charge in [-0.05, 0) is 5.56 Å². The third-order valence-corrected chi connectivity index (χ3v) is 4.97. The van der Waals surface area contributed by atoms with E-state index in [4.69, 9.17) is 10.1 Å². The number of carbonyl (C=O) groups is 1. The highest BCUT2D eigenvalue weighted by atomic mass is 32.1. The maximum Gasteiger partial charge on any atom is 0.312 e. The van der Waals surface area contributed by atoms with Gasteiger partial charge in [0, 0.05) is 29.6 Å². The number of aryl methyl sites for hydroxylation is 1. The van der Waals surface area contributed by atoms with Gasteiger partial charge in [0.15, 0.2) is 18.9 Å². The highest BCUT2D eigenvalue weighted by Gasteiger charge is 2.11. The van der Waals surface area contributed by atoms with Gasteiger partial charge in [0.2, 0.25) is 4.80 Å². The standard InChI is InChI=1S/C20H23N5O2PS/c1-15(28)13-22-25-20(21)29-19(23-25)17-7-10-24(11-8-17)12-9-18(26)27-14-16-5-3-2-4-6-16/h2-8,10-11,13,15,21H,9,12,14,28H2,1H3/q+1/b21-20?,22-13-. The molecule has 3 aromatic rings. The highest BCUT2D eigenvalue weighted by Crippen LogP contribution is 2.17. The van der Waals surface area contributed by atoms with Crippen molar-refractivity contribution in [2.75, 3.05) is 0 Å². The average Bonchev–Trinajstić information content (AvgIpc) is 3.11. The Bertz CT molecular complexity index is 1030. The number of aromatic nitrogens is 3. The molecule has 1 aromatic carbocycles. The lowest BCUT2D eigenvalue weighted by Crippen LogP contribution is -2.34. The predicted octanol–water partition coefficient (Wildman–Crippen LogP) is 2.61. The van der Waals surface area contributed by atoms with Gasteiger partial charge in [-0.15, -0.1) is 19.1 Å². The lowest BCUT2D eigenvalue weighted by molar-refractivity contribution is -0.695. The van der Waals surface area contributed by atoms with E-state index in [9.17, 15) is 4.79 Å². The molecule has 2 unspecified atom stereocenters. The van der Waals surface area contributed by atoms with Crippen LogP contribution in [0.15, 0.2) is 60.0 Å². The van der Waals surface area contributed by atoms with Crippen molar-refractivity contribution in [3.8, 4) is 10.6 Å². The van der Waals surface area contributed by atoms with E-state index < -0.39 is 0 Å². The van der Waals surface area contributed by atoms with Crippen LogP contribution in [0.25, 0.3) is 10.6 Å². The molecule has 29 heavy (non-hydrogen) atoms. The molecule has 0 amide bonds. The van der Waals surface area contributed by atoms with Crippen LogP contribution in [0.3, 0.4) is 0 Å². The smallest absolute Gasteiger partial charge is 0.312 e. The van der Waals surface area contributed by atoms with Gasteiger partial charge in [0.05, 0.1) is 0 Å². The molecule has 2 atom stereocenters. The van der Waals surface area contributed by atoms with E-state index in [0.717, 1.165) is 16.1 Å². The molecule has 0 fully saturated rings. The average molecular weight is 428 g/mol. The van der Waals surface area contributed by atoms with Crippen LogP contribution in [0.2, 0.25) is 0 Å². The lowest BCUT2D eigenvalue weighted by atomic mass is 10.2. The van der Waals surface area contributed by atoms with Crippen LogP contribution < -0.4 is 9.37 Å². The predicted molar refractivity (Wildman–Crippen MR) is 116 cm³/mol. The first kappa shape index (κ1) is 21.0. The van der Waals surface area contributed by atoms with Gasteiger partial charge in [0.25, 0.3) is 0 Å². The summed E-state index contributed by atoms with van der Waals surface area (Å²) in [5.41, 5.74) is 2.09. The van der Waals surface area contributed by atoms with Crippen molar-refractivity contribution < 1.29 is 14.1 Å². The van der Waals surface area contributed by atoms with Crippen LogP contribution in [0.1, 0.15) is 18.9 Å². The number of carbonyl (C=O) groups excluding carboxylic acids is 1. The summed E-state index contributed by atoms with van der Waals surface area (Å²) in [7, 11) is 2.63. The Morgan fingerprint density at radius 2 is 2.07 bits per heavy atom. The molecule has 0 aliphatic heterocycles. The lowest BCUT2D eigenvalue weighted by Gasteiger charge is -2.03. The second kappa shape index (κ2) is 10.2.